The summed E-state index contributed by atoms with van der Waals surface area (Å²) in [6, 6.07) is 7.36. The first-order valence-electron chi connectivity index (χ1n) is 13.5. The van der Waals surface area contributed by atoms with Gasteiger partial charge in [-0.3, -0.25) is 0 Å². The summed E-state index contributed by atoms with van der Waals surface area (Å²) >= 11 is 6.59. The number of pyridine rings is 2. The number of hydrogen-bond acceptors (Lipinski definition) is 6. The predicted octanol–water partition coefficient (Wildman–Crippen LogP) is 7.56. The molecule has 0 aliphatic rings. The van der Waals surface area contributed by atoms with Crippen LogP contribution in [0.3, 0.4) is 0 Å². The van der Waals surface area contributed by atoms with E-state index in [1.165, 1.54) is 30.5 Å². The number of aliphatic hydroxyl groups is 1. The van der Waals surface area contributed by atoms with Gasteiger partial charge in [-0.25, -0.2) is 23.7 Å². The quantitative estimate of drug-likeness (QED) is 0.173. The highest BCUT2D eigenvalue weighted by atomic mass is 35.5. The largest absolute Gasteiger partial charge is 0.382 e. The number of halogens is 3. The summed E-state index contributed by atoms with van der Waals surface area (Å²) < 4.78 is 29.8. The van der Waals surface area contributed by atoms with Crippen molar-refractivity contribution < 1.29 is 13.9 Å². The number of nitriles is 1. The lowest BCUT2D eigenvalue weighted by molar-refractivity contribution is 0.00418. The van der Waals surface area contributed by atoms with Crippen LogP contribution in [0.1, 0.15) is 75.5 Å². The zero-order valence-electron chi connectivity index (χ0n) is 23.1. The molecule has 4 rings (SSSR count). The molecule has 3 aromatic heterocycles. The Morgan fingerprint density at radius 3 is 2.65 bits per heavy atom. The van der Waals surface area contributed by atoms with Crippen LogP contribution in [0.25, 0.3) is 22.4 Å². The fourth-order valence-electron chi connectivity index (χ4n) is 4.72. The lowest BCUT2D eigenvalue weighted by Gasteiger charge is -2.27. The van der Waals surface area contributed by atoms with E-state index in [2.05, 4.69) is 39.1 Å². The Morgan fingerprint density at radius 1 is 1.18 bits per heavy atom. The summed E-state index contributed by atoms with van der Waals surface area (Å²) in [7, 11) is 0. The third-order valence-electron chi connectivity index (χ3n) is 7.33. The van der Waals surface area contributed by atoms with Crippen molar-refractivity contribution in [2.75, 3.05) is 5.32 Å². The van der Waals surface area contributed by atoms with Gasteiger partial charge in [0.25, 0.3) is 0 Å². The highest BCUT2D eigenvalue weighted by Gasteiger charge is 2.32. The maximum Gasteiger partial charge on any atom is 0.153 e. The lowest BCUT2D eigenvalue weighted by Crippen LogP contribution is -2.28. The van der Waals surface area contributed by atoms with Crippen molar-refractivity contribution in [2.45, 2.75) is 71.9 Å². The first-order valence-corrected chi connectivity index (χ1v) is 13.8. The predicted molar refractivity (Wildman–Crippen MR) is 153 cm³/mol. The highest BCUT2D eigenvalue weighted by Crippen LogP contribution is 2.36. The zero-order chi connectivity index (χ0) is 29.0. The number of H-pyrrole nitrogens is 1. The number of nitrogens with one attached hydrogen (secondary N) is 2. The molecule has 2 unspecified atom stereocenters. The smallest absolute Gasteiger partial charge is 0.153 e. The van der Waals surface area contributed by atoms with Crippen molar-refractivity contribution in [1.29, 1.82) is 5.26 Å². The van der Waals surface area contributed by atoms with E-state index in [-0.39, 0.29) is 28.3 Å². The first kappa shape index (κ1) is 29.4. The Balaban J connectivity index is 1.73. The molecule has 0 fully saturated rings. The van der Waals surface area contributed by atoms with Gasteiger partial charge >= 0.3 is 0 Å². The van der Waals surface area contributed by atoms with E-state index in [0.717, 1.165) is 19.3 Å². The summed E-state index contributed by atoms with van der Waals surface area (Å²) in [5.41, 5.74) is 1.11. The van der Waals surface area contributed by atoms with Gasteiger partial charge in [0.05, 0.1) is 45.4 Å². The molecular formula is C30H33ClF2N6O. The van der Waals surface area contributed by atoms with Crippen molar-refractivity contribution in [3.63, 3.8) is 0 Å². The summed E-state index contributed by atoms with van der Waals surface area (Å²) in [5, 5.41) is 24.0. The molecule has 7 nitrogen and oxygen atoms in total. The monoisotopic (exact) mass is 566 g/mol. The minimum Gasteiger partial charge on any atom is -0.382 e. The van der Waals surface area contributed by atoms with Crippen LogP contribution in [0.5, 0.6) is 0 Å². The van der Waals surface area contributed by atoms with Gasteiger partial charge in [-0.15, -0.1) is 0 Å². The number of benzene rings is 1. The average molecular weight is 567 g/mol. The molecule has 0 bridgehead atoms. The van der Waals surface area contributed by atoms with E-state index >= 15 is 4.39 Å². The molecule has 0 radical (unpaired) electrons. The van der Waals surface area contributed by atoms with Crippen molar-refractivity contribution >= 4 is 28.3 Å². The number of imidazole rings is 1. The Hall–Kier alpha value is -3.61. The number of aryl methyl sites for hydroxylation is 1. The van der Waals surface area contributed by atoms with Gasteiger partial charge in [0, 0.05) is 18.2 Å². The number of rotatable bonds is 11. The van der Waals surface area contributed by atoms with Crippen LogP contribution in [-0.2, 0) is 12.1 Å². The second-order valence-electron chi connectivity index (χ2n) is 10.3. The molecule has 0 spiro atoms. The van der Waals surface area contributed by atoms with Gasteiger partial charge in [0.2, 0.25) is 0 Å². The molecule has 2 atom stereocenters. The Kier molecular flexibility index (Phi) is 9.02. The second-order valence-corrected chi connectivity index (χ2v) is 10.7. The number of fused-ring (bicyclic) bond motifs is 1. The molecule has 10 heteroatoms. The number of anilines is 1. The van der Waals surface area contributed by atoms with Gasteiger partial charge in [-0.05, 0) is 50.3 Å². The maximum absolute atomic E-state index is 15.4. The molecule has 4 aromatic rings. The van der Waals surface area contributed by atoms with Crippen LogP contribution in [0.15, 0.2) is 30.5 Å². The number of aromatic nitrogens is 4. The van der Waals surface area contributed by atoms with E-state index in [9.17, 15) is 14.8 Å². The van der Waals surface area contributed by atoms with E-state index in [1.54, 1.807) is 6.92 Å². The van der Waals surface area contributed by atoms with Crippen LogP contribution in [-0.4, -0.2) is 25.0 Å². The molecule has 0 saturated heterocycles. The maximum atomic E-state index is 15.4. The van der Waals surface area contributed by atoms with Crippen molar-refractivity contribution in [3.05, 3.63) is 69.8 Å². The molecule has 0 saturated carbocycles. The first-order chi connectivity index (χ1) is 19.1. The fraction of sp³-hybridized carbons (Fsp3) is 0.400. The molecule has 0 aliphatic heterocycles. The van der Waals surface area contributed by atoms with E-state index in [0.29, 0.717) is 52.7 Å². The van der Waals surface area contributed by atoms with E-state index in [1.807, 2.05) is 13.0 Å². The van der Waals surface area contributed by atoms with Crippen molar-refractivity contribution in [1.82, 2.24) is 19.9 Å². The van der Waals surface area contributed by atoms with Crippen molar-refractivity contribution in [3.8, 4) is 17.5 Å². The minimum atomic E-state index is -1.17. The van der Waals surface area contributed by atoms with Crippen LogP contribution >= 0.6 is 11.6 Å². The lowest BCUT2D eigenvalue weighted by atomic mass is 9.88. The minimum absolute atomic E-state index is 0.00514. The summed E-state index contributed by atoms with van der Waals surface area (Å²) in [5.74, 6) is -0.260. The zero-order valence-corrected chi connectivity index (χ0v) is 23.8. The molecule has 210 valence electrons. The molecule has 0 aliphatic carbocycles. The summed E-state index contributed by atoms with van der Waals surface area (Å²) in [6.07, 6.45) is 5.12. The van der Waals surface area contributed by atoms with Gasteiger partial charge in [0.15, 0.2) is 5.82 Å². The normalized spacial score (nSPS) is 13.7. The number of hydrogen-bond donors (Lipinski definition) is 3. The third kappa shape index (κ3) is 6.08. The van der Waals surface area contributed by atoms with Gasteiger partial charge in [-0.1, -0.05) is 45.2 Å². The Bertz CT molecular complexity index is 1570. The highest BCUT2D eigenvalue weighted by molar-refractivity contribution is 6.35. The number of nitrogens with zero attached hydrogens (tertiary/aromatic N) is 4. The SMILES string of the molecule is CCCC(O)(CCC(C)CC)c1ncc(-c2nc3c(NCc4cc(C#N)ccc4F)c(Cl)c(C)nc3cc2F)[nH]1. The van der Waals surface area contributed by atoms with Gasteiger partial charge in [-0.2, -0.15) is 5.26 Å². The molecule has 1 aromatic carbocycles. The van der Waals surface area contributed by atoms with Gasteiger partial charge < -0.3 is 15.4 Å². The standard InChI is InChI=1S/C30H33ClF2N6O/c1-5-10-30(40,11-9-17(3)6-2)29-36-16-24(38-29)26-22(33)13-23-27(39-26)28(25(31)18(4)37-23)35-15-20-12-19(14-34)7-8-21(20)32/h7-8,12-13,16-17,40H,5-6,9-11,15H2,1-4H3,(H,35,37)(H,36,38). The van der Waals surface area contributed by atoms with Crippen LogP contribution < -0.4 is 5.32 Å². The molecule has 3 N–H and O–H groups in total. The van der Waals surface area contributed by atoms with Crippen molar-refractivity contribution in [2.24, 2.45) is 5.92 Å². The summed E-state index contributed by atoms with van der Waals surface area (Å²) in [6.45, 7) is 7.97. The van der Waals surface area contributed by atoms with Gasteiger partial charge in [0.1, 0.15) is 28.5 Å². The average Bonchev–Trinajstić information content (AvgIpc) is 3.44. The van der Waals surface area contributed by atoms with E-state index in [4.69, 9.17) is 11.6 Å². The third-order valence-corrected chi connectivity index (χ3v) is 7.79. The molecule has 0 amide bonds. The van der Waals surface area contributed by atoms with Crippen LogP contribution in [0.4, 0.5) is 14.5 Å². The second kappa shape index (κ2) is 12.3. The van der Waals surface area contributed by atoms with Crippen LogP contribution in [0, 0.1) is 35.8 Å². The fourth-order valence-corrected chi connectivity index (χ4v) is 4.92. The molecular weight excluding hydrogens is 534 g/mol. The number of aromatic amines is 1. The van der Waals surface area contributed by atoms with Crippen LogP contribution in [0.2, 0.25) is 5.02 Å². The van der Waals surface area contributed by atoms with E-state index < -0.39 is 17.2 Å². The Labute approximate surface area is 237 Å². The topological polar surface area (TPSA) is 111 Å². The molecule has 3 heterocycles. The summed E-state index contributed by atoms with van der Waals surface area (Å²) in [4.78, 5) is 16.5. The Morgan fingerprint density at radius 2 is 1.95 bits per heavy atom. The molecule has 40 heavy (non-hydrogen) atoms.